The van der Waals surface area contributed by atoms with E-state index in [4.69, 9.17) is 5.73 Å². The van der Waals surface area contributed by atoms with Crippen LogP contribution in [0, 0.1) is 12.7 Å². The van der Waals surface area contributed by atoms with Gasteiger partial charge in [-0.1, -0.05) is 18.2 Å². The van der Waals surface area contributed by atoms with Gasteiger partial charge in [-0.15, -0.1) is 0 Å². The monoisotopic (exact) mass is 405 g/mol. The van der Waals surface area contributed by atoms with E-state index in [0.717, 1.165) is 33.8 Å². The SMILES string of the molecule is Cc1cc(NC(=O)C(O)c2cccc(F)c2)ccc1-c1cn(C)c2ncnc(N)c12. The molecule has 0 saturated heterocycles. The van der Waals surface area contributed by atoms with Gasteiger partial charge in [0.25, 0.3) is 5.91 Å². The fourth-order valence-electron chi connectivity index (χ4n) is 3.52. The zero-order valence-electron chi connectivity index (χ0n) is 16.4. The maximum absolute atomic E-state index is 13.4. The van der Waals surface area contributed by atoms with E-state index < -0.39 is 17.8 Å². The minimum atomic E-state index is -1.48. The Morgan fingerprint density at radius 3 is 2.73 bits per heavy atom. The van der Waals surface area contributed by atoms with Crippen LogP contribution in [0.25, 0.3) is 22.2 Å². The predicted octanol–water partition coefficient (Wildman–Crippen LogP) is 3.34. The molecule has 4 rings (SSSR count). The summed E-state index contributed by atoms with van der Waals surface area (Å²) in [5, 5.41) is 13.7. The molecule has 0 aliphatic carbocycles. The number of aromatic nitrogens is 3. The Morgan fingerprint density at radius 2 is 2.00 bits per heavy atom. The second kappa shape index (κ2) is 7.57. The van der Waals surface area contributed by atoms with Gasteiger partial charge in [-0.3, -0.25) is 4.79 Å². The molecular formula is C22H20FN5O2. The van der Waals surface area contributed by atoms with E-state index >= 15 is 0 Å². The first-order valence-corrected chi connectivity index (χ1v) is 9.26. The molecule has 30 heavy (non-hydrogen) atoms. The Balaban J connectivity index is 1.62. The summed E-state index contributed by atoms with van der Waals surface area (Å²) >= 11 is 0. The number of aliphatic hydroxyl groups excluding tert-OH is 1. The number of fused-ring (bicyclic) bond motifs is 1. The Labute approximate surface area is 172 Å². The molecule has 2 heterocycles. The number of nitrogens with one attached hydrogen (secondary N) is 1. The average molecular weight is 405 g/mol. The third kappa shape index (κ3) is 3.48. The van der Waals surface area contributed by atoms with Gasteiger partial charge in [0.05, 0.1) is 5.39 Å². The standard InChI is InChI=1S/C22H20FN5O2/c1-12-8-15(27-22(30)19(29)13-4-3-5-14(23)9-13)6-7-16(12)17-10-28(2)21-18(17)20(24)25-11-26-21/h3-11,19,29H,1-2H3,(H,27,30)(H2,24,25,26). The van der Waals surface area contributed by atoms with Crippen LogP contribution in [0.5, 0.6) is 0 Å². The summed E-state index contributed by atoms with van der Waals surface area (Å²) in [6.07, 6.45) is 1.89. The van der Waals surface area contributed by atoms with Gasteiger partial charge < -0.3 is 20.7 Å². The number of carbonyl (C=O) groups excluding carboxylic acids is 1. The summed E-state index contributed by atoms with van der Waals surface area (Å²) in [4.78, 5) is 20.8. The lowest BCUT2D eigenvalue weighted by Gasteiger charge is -2.13. The van der Waals surface area contributed by atoms with Crippen LogP contribution in [0.3, 0.4) is 0 Å². The van der Waals surface area contributed by atoms with Gasteiger partial charge in [-0.2, -0.15) is 0 Å². The molecule has 8 heteroatoms. The smallest absolute Gasteiger partial charge is 0.257 e. The first-order valence-electron chi connectivity index (χ1n) is 9.26. The molecule has 0 spiro atoms. The topological polar surface area (TPSA) is 106 Å². The second-order valence-corrected chi connectivity index (χ2v) is 7.09. The summed E-state index contributed by atoms with van der Waals surface area (Å²) in [6, 6.07) is 10.7. The zero-order valence-corrected chi connectivity index (χ0v) is 16.4. The molecule has 1 atom stereocenters. The van der Waals surface area contributed by atoms with E-state index in [1.165, 1.54) is 24.5 Å². The van der Waals surface area contributed by atoms with Crippen LogP contribution in [0.1, 0.15) is 17.2 Å². The van der Waals surface area contributed by atoms with Crippen molar-refractivity contribution in [2.24, 2.45) is 7.05 Å². The van der Waals surface area contributed by atoms with Crippen molar-refractivity contribution in [3.05, 3.63) is 71.9 Å². The Bertz CT molecular complexity index is 1270. The Morgan fingerprint density at radius 1 is 1.20 bits per heavy atom. The third-order valence-corrected chi connectivity index (χ3v) is 4.98. The number of benzene rings is 2. The van der Waals surface area contributed by atoms with Crippen molar-refractivity contribution in [2.75, 3.05) is 11.1 Å². The fraction of sp³-hybridized carbons (Fsp3) is 0.136. The van der Waals surface area contributed by atoms with Crippen molar-refractivity contribution in [3.8, 4) is 11.1 Å². The molecule has 1 unspecified atom stereocenters. The van der Waals surface area contributed by atoms with Crippen LogP contribution in [-0.4, -0.2) is 25.5 Å². The highest BCUT2D eigenvalue weighted by molar-refractivity contribution is 6.01. The number of aryl methyl sites for hydroxylation is 2. The van der Waals surface area contributed by atoms with Crippen LogP contribution in [-0.2, 0) is 11.8 Å². The molecule has 4 N–H and O–H groups in total. The number of rotatable bonds is 4. The minimum absolute atomic E-state index is 0.187. The average Bonchev–Trinajstić information content (AvgIpc) is 3.05. The van der Waals surface area contributed by atoms with Crippen molar-refractivity contribution in [2.45, 2.75) is 13.0 Å². The van der Waals surface area contributed by atoms with Gasteiger partial charge in [0.1, 0.15) is 23.6 Å². The van der Waals surface area contributed by atoms with Gasteiger partial charge >= 0.3 is 0 Å². The molecule has 0 saturated carbocycles. The number of hydrogen-bond donors (Lipinski definition) is 3. The number of amides is 1. The zero-order chi connectivity index (χ0) is 21.4. The first-order chi connectivity index (χ1) is 14.3. The highest BCUT2D eigenvalue weighted by atomic mass is 19.1. The lowest BCUT2D eigenvalue weighted by atomic mass is 10.00. The van der Waals surface area contributed by atoms with Crippen LogP contribution in [0.4, 0.5) is 15.9 Å². The molecule has 152 valence electrons. The van der Waals surface area contributed by atoms with Gasteiger partial charge in [0, 0.05) is 24.5 Å². The molecule has 0 aliphatic rings. The number of hydrogen-bond acceptors (Lipinski definition) is 5. The van der Waals surface area contributed by atoms with E-state index in [1.54, 1.807) is 12.1 Å². The predicted molar refractivity (Wildman–Crippen MR) is 113 cm³/mol. The maximum Gasteiger partial charge on any atom is 0.257 e. The number of carbonyl (C=O) groups is 1. The van der Waals surface area contributed by atoms with Gasteiger partial charge in [0.15, 0.2) is 6.10 Å². The van der Waals surface area contributed by atoms with Crippen LogP contribution < -0.4 is 11.1 Å². The third-order valence-electron chi connectivity index (χ3n) is 4.98. The Hall–Kier alpha value is -3.78. The normalized spacial score (nSPS) is 12.1. The van der Waals surface area contributed by atoms with E-state index in [2.05, 4.69) is 15.3 Å². The van der Waals surface area contributed by atoms with Gasteiger partial charge in [0.2, 0.25) is 0 Å². The Kier molecular flexibility index (Phi) is 4.93. The summed E-state index contributed by atoms with van der Waals surface area (Å²) < 4.78 is 15.2. The lowest BCUT2D eigenvalue weighted by Crippen LogP contribution is -2.21. The molecule has 2 aromatic heterocycles. The van der Waals surface area contributed by atoms with E-state index in [0.29, 0.717) is 11.5 Å². The number of halogens is 1. The van der Waals surface area contributed by atoms with Crippen LogP contribution in [0.15, 0.2) is 55.0 Å². The van der Waals surface area contributed by atoms with Crippen molar-refractivity contribution in [1.29, 1.82) is 0 Å². The number of nitrogen functional groups attached to an aromatic ring is 1. The quantitative estimate of drug-likeness (QED) is 0.483. The largest absolute Gasteiger partial charge is 0.383 e. The number of nitrogens with zero attached hydrogens (tertiary/aromatic N) is 3. The van der Waals surface area contributed by atoms with Gasteiger partial charge in [-0.05, 0) is 47.9 Å². The molecular weight excluding hydrogens is 385 g/mol. The highest BCUT2D eigenvalue weighted by Gasteiger charge is 2.19. The van der Waals surface area contributed by atoms with E-state index in [-0.39, 0.29) is 5.56 Å². The number of aliphatic hydroxyl groups is 1. The molecule has 4 aromatic rings. The highest BCUT2D eigenvalue weighted by Crippen LogP contribution is 2.35. The summed E-state index contributed by atoms with van der Waals surface area (Å²) in [6.45, 7) is 1.91. The second-order valence-electron chi connectivity index (χ2n) is 7.09. The first kappa shape index (κ1) is 19.5. The van der Waals surface area contributed by atoms with E-state index in [9.17, 15) is 14.3 Å². The number of anilines is 2. The van der Waals surface area contributed by atoms with E-state index in [1.807, 2.05) is 30.8 Å². The summed E-state index contributed by atoms with van der Waals surface area (Å²) in [5.41, 5.74) is 10.2. The molecule has 0 aliphatic heterocycles. The molecule has 1 amide bonds. The van der Waals surface area contributed by atoms with Crippen molar-refractivity contribution in [3.63, 3.8) is 0 Å². The van der Waals surface area contributed by atoms with Gasteiger partial charge in [-0.25, -0.2) is 14.4 Å². The molecule has 0 fully saturated rings. The van der Waals surface area contributed by atoms with Crippen molar-refractivity contribution < 1.29 is 14.3 Å². The van der Waals surface area contributed by atoms with Crippen molar-refractivity contribution >= 4 is 28.4 Å². The fourth-order valence-corrected chi connectivity index (χ4v) is 3.52. The molecule has 2 aromatic carbocycles. The van der Waals surface area contributed by atoms with Crippen LogP contribution >= 0.6 is 0 Å². The minimum Gasteiger partial charge on any atom is -0.383 e. The summed E-state index contributed by atoms with van der Waals surface area (Å²) in [5.74, 6) is -0.765. The summed E-state index contributed by atoms with van der Waals surface area (Å²) in [7, 11) is 1.88. The number of nitrogens with two attached hydrogens (primary N) is 1. The molecule has 0 bridgehead atoms. The molecule has 7 nitrogen and oxygen atoms in total. The molecule has 0 radical (unpaired) electrons. The van der Waals surface area contributed by atoms with Crippen LogP contribution in [0.2, 0.25) is 0 Å². The lowest BCUT2D eigenvalue weighted by molar-refractivity contribution is -0.124. The van der Waals surface area contributed by atoms with Crippen molar-refractivity contribution in [1.82, 2.24) is 14.5 Å². The maximum atomic E-state index is 13.4.